The van der Waals surface area contributed by atoms with Crippen molar-refractivity contribution in [1.82, 2.24) is 15.2 Å². The van der Waals surface area contributed by atoms with E-state index in [4.69, 9.17) is 11.6 Å². The number of aromatic nitrogens is 1. The Labute approximate surface area is 231 Å². The summed E-state index contributed by atoms with van der Waals surface area (Å²) in [5.41, 5.74) is 1.00. The Morgan fingerprint density at radius 3 is 2.44 bits per heavy atom. The minimum atomic E-state index is -3.67. The number of nitrogens with one attached hydrogen (secondary N) is 2. The molecular formula is C26H31ClF3N5O3S. The van der Waals surface area contributed by atoms with Gasteiger partial charge in [-0.3, -0.25) is 9.52 Å². The highest BCUT2D eigenvalue weighted by Gasteiger charge is 2.32. The first kappa shape index (κ1) is 30.3. The van der Waals surface area contributed by atoms with Gasteiger partial charge >= 0.3 is 5.38 Å². The summed E-state index contributed by atoms with van der Waals surface area (Å²) in [5, 5.41) is -0.897. The van der Waals surface area contributed by atoms with Gasteiger partial charge in [-0.05, 0) is 55.3 Å². The molecule has 8 nitrogen and oxygen atoms in total. The number of hydrogen-bond donors (Lipinski definition) is 2. The SMILES string of the molecule is C=C/C(=C/C)N1CCN(c2nc(C(F)(F)Cl)ccc2CNC(=O)C(C)c2ccc(NS(C)(=O)=O)c(F)c2)CC1. The molecule has 1 aromatic carbocycles. The molecule has 1 unspecified atom stereocenters. The second kappa shape index (κ2) is 12.3. The Balaban J connectivity index is 1.77. The molecule has 39 heavy (non-hydrogen) atoms. The number of nitrogens with zero attached hydrogens (tertiary/aromatic N) is 3. The Kier molecular flexibility index (Phi) is 9.55. The minimum absolute atomic E-state index is 0.0111. The topological polar surface area (TPSA) is 94.6 Å². The van der Waals surface area contributed by atoms with Gasteiger partial charge in [0.1, 0.15) is 17.3 Å². The van der Waals surface area contributed by atoms with Crippen LogP contribution in [0.4, 0.5) is 24.7 Å². The zero-order chi connectivity index (χ0) is 29.0. The van der Waals surface area contributed by atoms with Crippen LogP contribution in [0.2, 0.25) is 0 Å². The lowest BCUT2D eigenvalue weighted by molar-refractivity contribution is -0.122. The molecule has 212 valence electrons. The number of alkyl halides is 3. The van der Waals surface area contributed by atoms with Gasteiger partial charge in [0, 0.05) is 44.0 Å². The number of rotatable bonds is 10. The van der Waals surface area contributed by atoms with Crippen molar-refractivity contribution in [3.8, 4) is 0 Å². The Hall–Kier alpha value is -3.25. The lowest BCUT2D eigenvalue weighted by atomic mass is 9.99. The third-order valence-electron chi connectivity index (χ3n) is 6.33. The van der Waals surface area contributed by atoms with Crippen molar-refractivity contribution < 1.29 is 26.4 Å². The fourth-order valence-corrected chi connectivity index (χ4v) is 4.89. The lowest BCUT2D eigenvalue weighted by Crippen LogP contribution is -2.46. The maximum absolute atomic E-state index is 14.4. The summed E-state index contributed by atoms with van der Waals surface area (Å²) in [4.78, 5) is 21.0. The molecule has 0 radical (unpaired) electrons. The summed E-state index contributed by atoms with van der Waals surface area (Å²) in [6.45, 7) is 9.52. The molecule has 1 saturated heterocycles. The van der Waals surface area contributed by atoms with E-state index in [1.807, 2.05) is 17.9 Å². The molecule has 0 aliphatic carbocycles. The molecule has 0 bridgehead atoms. The van der Waals surface area contributed by atoms with E-state index in [9.17, 15) is 26.4 Å². The van der Waals surface area contributed by atoms with Crippen molar-refractivity contribution >= 4 is 39.0 Å². The second-order valence-electron chi connectivity index (χ2n) is 9.12. The molecule has 0 spiro atoms. The van der Waals surface area contributed by atoms with E-state index in [0.717, 1.165) is 24.1 Å². The van der Waals surface area contributed by atoms with E-state index in [-0.39, 0.29) is 12.2 Å². The summed E-state index contributed by atoms with van der Waals surface area (Å²) < 4.78 is 67.0. The third-order valence-corrected chi connectivity index (χ3v) is 7.11. The van der Waals surface area contributed by atoms with Crippen LogP contribution in [0, 0.1) is 5.82 Å². The van der Waals surface area contributed by atoms with E-state index in [1.165, 1.54) is 18.2 Å². The fraction of sp³-hybridized carbons (Fsp3) is 0.385. The van der Waals surface area contributed by atoms with Crippen molar-refractivity contribution in [3.63, 3.8) is 0 Å². The van der Waals surface area contributed by atoms with Gasteiger partial charge in [-0.1, -0.05) is 24.8 Å². The number of piperazine rings is 1. The van der Waals surface area contributed by atoms with Crippen molar-refractivity contribution in [2.75, 3.05) is 42.1 Å². The molecule has 1 aromatic heterocycles. The molecule has 1 aliphatic rings. The summed E-state index contributed by atoms with van der Waals surface area (Å²) >= 11 is 5.24. The molecule has 0 saturated carbocycles. The Morgan fingerprint density at radius 1 is 1.23 bits per heavy atom. The maximum atomic E-state index is 14.4. The van der Waals surface area contributed by atoms with Crippen LogP contribution in [0.3, 0.4) is 0 Å². The molecule has 13 heteroatoms. The monoisotopic (exact) mass is 585 g/mol. The Bertz CT molecular complexity index is 1360. The summed E-state index contributed by atoms with van der Waals surface area (Å²) in [6, 6.07) is 6.36. The van der Waals surface area contributed by atoms with Gasteiger partial charge in [0.2, 0.25) is 15.9 Å². The summed E-state index contributed by atoms with van der Waals surface area (Å²) in [7, 11) is -3.67. The summed E-state index contributed by atoms with van der Waals surface area (Å²) in [6.07, 6.45) is 4.60. The van der Waals surface area contributed by atoms with E-state index >= 15 is 0 Å². The normalized spacial score (nSPS) is 15.6. The number of carbonyl (C=O) groups is 1. The highest BCUT2D eigenvalue weighted by atomic mass is 35.5. The van der Waals surface area contributed by atoms with Gasteiger partial charge in [0.05, 0.1) is 17.9 Å². The molecule has 2 N–H and O–H groups in total. The van der Waals surface area contributed by atoms with Crippen molar-refractivity contribution in [2.24, 2.45) is 0 Å². The van der Waals surface area contributed by atoms with Gasteiger partial charge in [-0.15, -0.1) is 0 Å². The second-order valence-corrected chi connectivity index (χ2v) is 11.3. The third kappa shape index (κ3) is 7.89. The van der Waals surface area contributed by atoms with E-state index in [0.29, 0.717) is 43.1 Å². The summed E-state index contributed by atoms with van der Waals surface area (Å²) in [5.74, 6) is -1.75. The van der Waals surface area contributed by atoms with E-state index in [1.54, 1.807) is 13.0 Å². The van der Waals surface area contributed by atoms with Gasteiger partial charge in [0.15, 0.2) is 0 Å². The number of sulfonamides is 1. The first-order valence-corrected chi connectivity index (χ1v) is 14.4. The highest BCUT2D eigenvalue weighted by molar-refractivity contribution is 7.92. The molecule has 1 atom stereocenters. The van der Waals surface area contributed by atoms with Crippen LogP contribution in [-0.4, -0.2) is 56.6 Å². The molecule has 3 rings (SSSR count). The van der Waals surface area contributed by atoms with Gasteiger partial charge in [-0.2, -0.15) is 8.78 Å². The predicted octanol–water partition coefficient (Wildman–Crippen LogP) is 4.51. The zero-order valence-electron chi connectivity index (χ0n) is 21.8. The minimum Gasteiger partial charge on any atom is -0.368 e. The predicted molar refractivity (Wildman–Crippen MR) is 147 cm³/mol. The molecular weight excluding hydrogens is 555 g/mol. The van der Waals surface area contributed by atoms with Crippen molar-refractivity contribution in [3.05, 3.63) is 77.4 Å². The number of allylic oxidation sites excluding steroid dienone is 2. The Morgan fingerprint density at radius 2 is 1.90 bits per heavy atom. The van der Waals surface area contributed by atoms with Crippen LogP contribution in [0.25, 0.3) is 0 Å². The van der Waals surface area contributed by atoms with Gasteiger partial charge in [-0.25, -0.2) is 17.8 Å². The van der Waals surface area contributed by atoms with Crippen molar-refractivity contribution in [1.29, 1.82) is 0 Å². The van der Waals surface area contributed by atoms with Crippen molar-refractivity contribution in [2.45, 2.75) is 31.7 Å². The number of carbonyl (C=O) groups excluding carboxylic acids is 1. The van der Waals surface area contributed by atoms with Crippen LogP contribution in [0.15, 0.2) is 54.8 Å². The molecule has 1 fully saturated rings. The van der Waals surface area contributed by atoms with E-state index < -0.39 is 38.7 Å². The van der Waals surface area contributed by atoms with Crippen LogP contribution < -0.4 is 14.9 Å². The van der Waals surface area contributed by atoms with Gasteiger partial charge in [0.25, 0.3) is 0 Å². The number of amides is 1. The van der Waals surface area contributed by atoms with Crippen LogP contribution >= 0.6 is 11.6 Å². The number of pyridine rings is 1. The maximum Gasteiger partial charge on any atom is 0.364 e. The van der Waals surface area contributed by atoms with Crippen LogP contribution in [-0.2, 0) is 26.7 Å². The first-order chi connectivity index (χ1) is 18.2. The molecule has 1 aliphatic heterocycles. The van der Waals surface area contributed by atoms with Gasteiger partial charge < -0.3 is 15.1 Å². The molecule has 2 heterocycles. The first-order valence-electron chi connectivity index (χ1n) is 12.1. The van der Waals surface area contributed by atoms with E-state index in [2.05, 4.69) is 26.5 Å². The molecule has 1 amide bonds. The molecule has 2 aromatic rings. The van der Waals surface area contributed by atoms with Crippen LogP contribution in [0.1, 0.15) is 36.6 Å². The fourth-order valence-electron chi connectivity index (χ4n) is 4.22. The lowest BCUT2D eigenvalue weighted by Gasteiger charge is -2.38. The average molecular weight is 586 g/mol. The quantitative estimate of drug-likeness (QED) is 0.315. The number of halogens is 4. The average Bonchev–Trinajstić information content (AvgIpc) is 2.88. The number of anilines is 2. The smallest absolute Gasteiger partial charge is 0.364 e. The number of benzene rings is 1. The largest absolute Gasteiger partial charge is 0.368 e. The standard InChI is InChI=1S/C26H31ClF3N5O3S/c1-5-20(6-2)34-11-13-35(14-12-34)24-19(8-10-23(32-24)26(27,29)30)16-31-25(36)17(3)18-7-9-22(21(28)15-18)33-39(4,37)38/h5-10,15,17,33H,1,11-14,16H2,2-4H3,(H,31,36)/b20-6-. The number of hydrogen-bond acceptors (Lipinski definition) is 6. The van der Waals surface area contributed by atoms with Crippen LogP contribution in [0.5, 0.6) is 0 Å². The highest BCUT2D eigenvalue weighted by Crippen LogP contribution is 2.33. The zero-order valence-corrected chi connectivity index (χ0v) is 23.4.